The summed E-state index contributed by atoms with van der Waals surface area (Å²) in [6, 6.07) is 21.3. The fraction of sp³-hybridized carbons (Fsp3) is 0.182. The summed E-state index contributed by atoms with van der Waals surface area (Å²) in [6.45, 7) is 3.16. The summed E-state index contributed by atoms with van der Waals surface area (Å²) in [6.07, 6.45) is 0. The third-order valence-corrected chi connectivity index (χ3v) is 4.65. The van der Waals surface area contributed by atoms with E-state index >= 15 is 0 Å². The number of fused-ring (bicyclic) bond motifs is 1. The standard InChI is InChI=1S/C22H22N6O2/c1-2-30-19-12-10-18(11-13-19)28-21(25-26-27-28)15-24-22(29)23-14-17-8-5-7-16-6-3-4-9-20(16)17/h3-13H,2,14-15H2,1H3,(H2,23,24,29). The van der Waals surface area contributed by atoms with E-state index in [1.807, 2.05) is 55.5 Å². The molecule has 152 valence electrons. The van der Waals surface area contributed by atoms with Gasteiger partial charge in [0, 0.05) is 6.54 Å². The zero-order valence-electron chi connectivity index (χ0n) is 16.6. The highest BCUT2D eigenvalue weighted by molar-refractivity contribution is 5.86. The highest BCUT2D eigenvalue weighted by Crippen LogP contribution is 2.18. The van der Waals surface area contributed by atoms with Crippen molar-refractivity contribution in [1.29, 1.82) is 0 Å². The van der Waals surface area contributed by atoms with Gasteiger partial charge >= 0.3 is 6.03 Å². The van der Waals surface area contributed by atoms with Crippen LogP contribution in [0.15, 0.2) is 66.7 Å². The number of hydrogen-bond donors (Lipinski definition) is 2. The van der Waals surface area contributed by atoms with Crippen molar-refractivity contribution in [2.45, 2.75) is 20.0 Å². The van der Waals surface area contributed by atoms with Crippen molar-refractivity contribution in [3.05, 3.63) is 78.1 Å². The average molecular weight is 402 g/mol. The van der Waals surface area contributed by atoms with E-state index in [0.29, 0.717) is 19.0 Å². The van der Waals surface area contributed by atoms with E-state index in [1.54, 1.807) is 4.68 Å². The van der Waals surface area contributed by atoms with Crippen LogP contribution in [0.1, 0.15) is 18.3 Å². The van der Waals surface area contributed by atoms with Crippen molar-refractivity contribution in [3.8, 4) is 11.4 Å². The topological polar surface area (TPSA) is 94.0 Å². The van der Waals surface area contributed by atoms with Crippen molar-refractivity contribution in [1.82, 2.24) is 30.8 Å². The SMILES string of the molecule is CCOc1ccc(-n2nnnc2CNC(=O)NCc2cccc3ccccc23)cc1. The van der Waals surface area contributed by atoms with Gasteiger partial charge < -0.3 is 15.4 Å². The van der Waals surface area contributed by atoms with Crippen LogP contribution in [0.2, 0.25) is 0 Å². The summed E-state index contributed by atoms with van der Waals surface area (Å²) in [5.41, 5.74) is 1.85. The maximum absolute atomic E-state index is 12.3. The molecule has 0 unspecified atom stereocenters. The summed E-state index contributed by atoms with van der Waals surface area (Å²) < 4.78 is 7.04. The smallest absolute Gasteiger partial charge is 0.315 e. The van der Waals surface area contributed by atoms with Crippen LogP contribution in [-0.2, 0) is 13.1 Å². The molecule has 1 aromatic heterocycles. The Labute approximate surface area is 173 Å². The molecule has 8 nitrogen and oxygen atoms in total. The lowest BCUT2D eigenvalue weighted by molar-refractivity contribution is 0.240. The number of rotatable bonds is 7. The third-order valence-electron chi connectivity index (χ3n) is 4.65. The van der Waals surface area contributed by atoms with Crippen molar-refractivity contribution in [2.75, 3.05) is 6.61 Å². The second-order valence-electron chi connectivity index (χ2n) is 6.61. The van der Waals surface area contributed by atoms with E-state index in [0.717, 1.165) is 27.8 Å². The Morgan fingerprint density at radius 3 is 2.57 bits per heavy atom. The molecule has 0 aliphatic carbocycles. The Bertz CT molecular complexity index is 1130. The number of nitrogens with zero attached hydrogens (tertiary/aromatic N) is 4. The van der Waals surface area contributed by atoms with Gasteiger partial charge in [0.1, 0.15) is 5.75 Å². The fourth-order valence-electron chi connectivity index (χ4n) is 3.21. The molecule has 4 rings (SSSR count). The highest BCUT2D eigenvalue weighted by atomic mass is 16.5. The van der Waals surface area contributed by atoms with Gasteiger partial charge in [0.05, 0.1) is 18.8 Å². The second-order valence-corrected chi connectivity index (χ2v) is 6.61. The predicted molar refractivity (Wildman–Crippen MR) is 113 cm³/mol. The monoisotopic (exact) mass is 402 g/mol. The molecule has 0 atom stereocenters. The number of hydrogen-bond acceptors (Lipinski definition) is 5. The first kappa shape index (κ1) is 19.4. The van der Waals surface area contributed by atoms with Gasteiger partial charge in [-0.3, -0.25) is 0 Å². The minimum atomic E-state index is -0.288. The fourth-order valence-corrected chi connectivity index (χ4v) is 3.21. The zero-order valence-corrected chi connectivity index (χ0v) is 16.6. The molecule has 1 heterocycles. The number of nitrogens with one attached hydrogen (secondary N) is 2. The minimum Gasteiger partial charge on any atom is -0.494 e. The van der Waals surface area contributed by atoms with Gasteiger partial charge in [0.25, 0.3) is 0 Å². The summed E-state index contributed by atoms with van der Waals surface area (Å²) in [7, 11) is 0. The molecule has 30 heavy (non-hydrogen) atoms. The van der Waals surface area contributed by atoms with Crippen LogP contribution in [0.4, 0.5) is 4.79 Å². The minimum absolute atomic E-state index is 0.196. The molecule has 2 amide bonds. The first-order chi connectivity index (χ1) is 14.7. The molecule has 0 radical (unpaired) electrons. The molecule has 0 aliphatic heterocycles. The molecule has 8 heteroatoms. The molecule has 0 saturated carbocycles. The summed E-state index contributed by atoms with van der Waals surface area (Å²) in [5.74, 6) is 1.31. The van der Waals surface area contributed by atoms with Gasteiger partial charge in [-0.15, -0.1) is 5.10 Å². The summed E-state index contributed by atoms with van der Waals surface area (Å²) in [4.78, 5) is 12.3. The van der Waals surface area contributed by atoms with Gasteiger partial charge in [-0.1, -0.05) is 42.5 Å². The highest BCUT2D eigenvalue weighted by Gasteiger charge is 2.10. The summed E-state index contributed by atoms with van der Waals surface area (Å²) >= 11 is 0. The predicted octanol–water partition coefficient (Wildman–Crippen LogP) is 3.21. The molecule has 4 aromatic rings. The number of urea groups is 1. The molecule has 0 fully saturated rings. The Balaban J connectivity index is 1.36. The lowest BCUT2D eigenvalue weighted by Crippen LogP contribution is -2.35. The molecular formula is C22H22N6O2. The Kier molecular flexibility index (Phi) is 5.84. The first-order valence-corrected chi connectivity index (χ1v) is 9.73. The zero-order chi connectivity index (χ0) is 20.8. The maximum Gasteiger partial charge on any atom is 0.315 e. The molecule has 0 spiro atoms. The molecule has 3 aromatic carbocycles. The maximum atomic E-state index is 12.3. The number of aromatic nitrogens is 4. The van der Waals surface area contributed by atoms with Crippen LogP contribution in [0.5, 0.6) is 5.75 Å². The number of ether oxygens (including phenoxy) is 1. The van der Waals surface area contributed by atoms with Crippen molar-refractivity contribution in [3.63, 3.8) is 0 Å². The van der Waals surface area contributed by atoms with Crippen LogP contribution in [0.25, 0.3) is 16.5 Å². The number of carbonyl (C=O) groups is 1. The number of benzene rings is 3. The van der Waals surface area contributed by atoms with E-state index < -0.39 is 0 Å². The Morgan fingerprint density at radius 2 is 1.73 bits per heavy atom. The Hall–Kier alpha value is -3.94. The van der Waals surface area contributed by atoms with Crippen molar-refractivity contribution in [2.24, 2.45) is 0 Å². The van der Waals surface area contributed by atoms with Crippen LogP contribution in [-0.4, -0.2) is 32.8 Å². The van der Waals surface area contributed by atoms with E-state index in [-0.39, 0.29) is 12.6 Å². The van der Waals surface area contributed by atoms with E-state index in [1.165, 1.54) is 0 Å². The molecule has 2 N–H and O–H groups in total. The van der Waals surface area contributed by atoms with E-state index in [2.05, 4.69) is 44.4 Å². The number of carbonyl (C=O) groups excluding carboxylic acids is 1. The molecule has 0 aliphatic rings. The molecule has 0 bridgehead atoms. The van der Waals surface area contributed by atoms with Crippen molar-refractivity contribution < 1.29 is 9.53 Å². The van der Waals surface area contributed by atoms with Crippen LogP contribution in [0.3, 0.4) is 0 Å². The Morgan fingerprint density at radius 1 is 0.967 bits per heavy atom. The lowest BCUT2D eigenvalue weighted by atomic mass is 10.0. The largest absolute Gasteiger partial charge is 0.494 e. The van der Waals surface area contributed by atoms with Gasteiger partial charge in [-0.2, -0.15) is 4.68 Å². The van der Waals surface area contributed by atoms with Gasteiger partial charge in [0.2, 0.25) is 0 Å². The van der Waals surface area contributed by atoms with Crippen LogP contribution < -0.4 is 15.4 Å². The van der Waals surface area contributed by atoms with Crippen LogP contribution >= 0.6 is 0 Å². The molecular weight excluding hydrogens is 380 g/mol. The normalized spacial score (nSPS) is 10.7. The molecule has 0 saturated heterocycles. The summed E-state index contributed by atoms with van der Waals surface area (Å²) in [5, 5.41) is 19.7. The van der Waals surface area contributed by atoms with Crippen molar-refractivity contribution >= 4 is 16.8 Å². The first-order valence-electron chi connectivity index (χ1n) is 9.73. The van der Waals surface area contributed by atoms with Gasteiger partial charge in [-0.05, 0) is 58.0 Å². The van der Waals surface area contributed by atoms with Gasteiger partial charge in [-0.25, -0.2) is 4.79 Å². The average Bonchev–Trinajstić information content (AvgIpc) is 3.25. The third kappa shape index (κ3) is 4.38. The number of tetrazole rings is 1. The van der Waals surface area contributed by atoms with Gasteiger partial charge in [0.15, 0.2) is 5.82 Å². The van der Waals surface area contributed by atoms with E-state index in [4.69, 9.17) is 4.74 Å². The number of amides is 2. The lowest BCUT2D eigenvalue weighted by Gasteiger charge is -2.10. The quantitative estimate of drug-likeness (QED) is 0.495. The van der Waals surface area contributed by atoms with Crippen LogP contribution in [0, 0.1) is 0 Å². The second kappa shape index (κ2) is 9.04. The van der Waals surface area contributed by atoms with E-state index in [9.17, 15) is 4.79 Å².